The molecule has 122 heavy (non-hydrogen) atoms. The minimum absolute atomic E-state index is 1.15. The highest BCUT2D eigenvalue weighted by Gasteiger charge is 2.25. The SMILES string of the molecule is c1ccc(-c2ccc(-n3c4ccccc4c4cc(-c5ccc6c(c5)c5cc7c(cc5n6-c5ccc6ccccc6c5)c5ccccc5n7-c5ccccc5)ccc43)cc2)cc1.c1ccc(-c2ccc(-n3c4ccccc4c4cc(-c5ccc6c(c5)c5cc7c8ccccc8n(-c8ccccc8)c7cc5n6-c5ccc6ccccc6c5)ccc43)cc2)cc1. The first kappa shape index (κ1) is 68.9. The van der Waals surface area contributed by atoms with Crippen LogP contribution in [-0.2, 0) is 0 Å². The smallest absolute Gasteiger partial charge is 0.0562 e. The van der Waals surface area contributed by atoms with Crippen molar-refractivity contribution in [3.05, 3.63) is 449 Å². The Hall–Kier alpha value is -16.3. The maximum Gasteiger partial charge on any atom is 0.0562 e. The Kier molecular flexibility index (Phi) is 15.6. The molecule has 6 aromatic heterocycles. The van der Waals surface area contributed by atoms with E-state index in [1.165, 1.54) is 197 Å². The van der Waals surface area contributed by atoms with Crippen molar-refractivity contribution in [2.45, 2.75) is 0 Å². The maximum absolute atomic E-state index is 2.47. The molecule has 0 N–H and O–H groups in total. The first-order valence-electron chi connectivity index (χ1n) is 42.0. The zero-order valence-corrected chi connectivity index (χ0v) is 66.4. The van der Waals surface area contributed by atoms with Crippen LogP contribution >= 0.6 is 0 Å². The number of benzene rings is 20. The summed E-state index contributed by atoms with van der Waals surface area (Å²) in [7, 11) is 0. The van der Waals surface area contributed by atoms with E-state index in [0.29, 0.717) is 0 Å². The van der Waals surface area contributed by atoms with Crippen LogP contribution in [0, 0.1) is 0 Å². The van der Waals surface area contributed by atoms with Gasteiger partial charge >= 0.3 is 0 Å². The molecule has 0 aliphatic carbocycles. The highest BCUT2D eigenvalue weighted by atomic mass is 15.0. The number of fused-ring (bicyclic) bond motifs is 20. The molecule has 0 saturated carbocycles. The lowest BCUT2D eigenvalue weighted by atomic mass is 10.00. The number of rotatable bonds is 10. The van der Waals surface area contributed by atoms with E-state index in [0.717, 1.165) is 34.1 Å². The average molecular weight is 1550 g/mol. The monoisotopic (exact) mass is 1550 g/mol. The molecule has 0 spiro atoms. The lowest BCUT2D eigenvalue weighted by Gasteiger charge is -2.11. The van der Waals surface area contributed by atoms with E-state index in [2.05, 4.69) is 476 Å². The average Bonchev–Trinajstić information content (AvgIpc) is 1.55. The second-order valence-corrected chi connectivity index (χ2v) is 32.3. The minimum atomic E-state index is 1.15. The molecule has 0 atom stereocenters. The van der Waals surface area contributed by atoms with Gasteiger partial charge in [-0.15, -0.1) is 0 Å². The van der Waals surface area contributed by atoms with Gasteiger partial charge in [0.25, 0.3) is 0 Å². The zero-order valence-electron chi connectivity index (χ0n) is 66.4. The molecule has 26 rings (SSSR count). The fraction of sp³-hybridized carbons (Fsp3) is 0. The van der Waals surface area contributed by atoms with Gasteiger partial charge in [-0.1, -0.05) is 279 Å². The van der Waals surface area contributed by atoms with Gasteiger partial charge in [-0.3, -0.25) is 0 Å². The van der Waals surface area contributed by atoms with Crippen molar-refractivity contribution < 1.29 is 0 Å². The summed E-state index contributed by atoms with van der Waals surface area (Å²) in [4.78, 5) is 0. The third-order valence-electron chi connectivity index (χ3n) is 25.6. The summed E-state index contributed by atoms with van der Waals surface area (Å²) >= 11 is 0. The van der Waals surface area contributed by atoms with E-state index in [9.17, 15) is 0 Å². The van der Waals surface area contributed by atoms with Gasteiger partial charge in [0.15, 0.2) is 0 Å². The number of hydrogen-bond donors (Lipinski definition) is 0. The van der Waals surface area contributed by atoms with E-state index in [-0.39, 0.29) is 0 Å². The van der Waals surface area contributed by atoms with Gasteiger partial charge in [0.05, 0.1) is 66.2 Å². The lowest BCUT2D eigenvalue weighted by Crippen LogP contribution is -1.96. The summed E-state index contributed by atoms with van der Waals surface area (Å²) in [5, 5.41) is 19.9. The number of hydrogen-bond acceptors (Lipinski definition) is 0. The van der Waals surface area contributed by atoms with Crippen LogP contribution in [0.4, 0.5) is 0 Å². The Bertz CT molecular complexity index is 8710. The van der Waals surface area contributed by atoms with Crippen LogP contribution in [0.1, 0.15) is 0 Å². The molecule has 0 unspecified atom stereocenters. The first-order chi connectivity index (χ1) is 60.5. The van der Waals surface area contributed by atoms with E-state index in [4.69, 9.17) is 0 Å². The second-order valence-electron chi connectivity index (χ2n) is 32.3. The van der Waals surface area contributed by atoms with Gasteiger partial charge < -0.3 is 27.4 Å². The van der Waals surface area contributed by atoms with Gasteiger partial charge in [0, 0.05) is 98.8 Å². The van der Waals surface area contributed by atoms with Crippen LogP contribution in [0.2, 0.25) is 0 Å². The fourth-order valence-electron chi connectivity index (χ4n) is 19.9. The second kappa shape index (κ2) is 27.7. The van der Waals surface area contributed by atoms with Crippen molar-refractivity contribution in [2.75, 3.05) is 0 Å². The summed E-state index contributed by atoms with van der Waals surface area (Å²) in [6.07, 6.45) is 0. The number of aromatic nitrogens is 6. The predicted octanol–water partition coefficient (Wildman–Crippen LogP) is 30.9. The Balaban J connectivity index is 0.000000134. The van der Waals surface area contributed by atoms with Crippen molar-refractivity contribution in [3.63, 3.8) is 0 Å². The largest absolute Gasteiger partial charge is 0.309 e. The molecular formula is C116H74N6. The fourth-order valence-corrected chi connectivity index (χ4v) is 19.9. The normalized spacial score (nSPS) is 11.9. The molecule has 26 aromatic rings. The zero-order chi connectivity index (χ0) is 80.0. The molecule has 0 saturated heterocycles. The van der Waals surface area contributed by atoms with Crippen LogP contribution in [-0.4, -0.2) is 27.4 Å². The van der Waals surface area contributed by atoms with Gasteiger partial charge in [-0.2, -0.15) is 0 Å². The molecule has 0 amide bonds. The van der Waals surface area contributed by atoms with Gasteiger partial charge in [0.2, 0.25) is 0 Å². The van der Waals surface area contributed by atoms with Crippen LogP contribution < -0.4 is 0 Å². The maximum atomic E-state index is 2.47. The summed E-state index contributed by atoms with van der Waals surface area (Å²) in [6.45, 7) is 0. The highest BCUT2D eigenvalue weighted by Crippen LogP contribution is 2.47. The molecule has 0 aliphatic heterocycles. The third-order valence-corrected chi connectivity index (χ3v) is 25.6. The van der Waals surface area contributed by atoms with Crippen LogP contribution in [0.15, 0.2) is 449 Å². The Labute approximate surface area is 702 Å². The number of nitrogens with zero attached hydrogens (tertiary/aromatic N) is 6. The molecule has 568 valence electrons. The van der Waals surface area contributed by atoms with Crippen molar-refractivity contribution in [1.82, 2.24) is 27.4 Å². The molecular weight excluding hydrogens is 1480 g/mol. The van der Waals surface area contributed by atoms with Crippen LogP contribution in [0.25, 0.3) is 231 Å². The predicted molar refractivity (Wildman–Crippen MR) is 516 cm³/mol. The summed E-state index contributed by atoms with van der Waals surface area (Å²) < 4.78 is 14.6. The molecule has 0 radical (unpaired) electrons. The summed E-state index contributed by atoms with van der Waals surface area (Å²) in [6, 6.07) is 165. The van der Waals surface area contributed by atoms with Gasteiger partial charge in [-0.25, -0.2) is 0 Å². The van der Waals surface area contributed by atoms with Crippen molar-refractivity contribution >= 4 is 152 Å². The highest BCUT2D eigenvalue weighted by molar-refractivity contribution is 6.22. The quantitative estimate of drug-likeness (QED) is 0.131. The molecule has 6 heteroatoms. The van der Waals surface area contributed by atoms with E-state index in [1.807, 2.05) is 0 Å². The van der Waals surface area contributed by atoms with Gasteiger partial charge in [-0.05, 0) is 236 Å². The number of para-hydroxylation sites is 6. The van der Waals surface area contributed by atoms with Crippen LogP contribution in [0.5, 0.6) is 0 Å². The third kappa shape index (κ3) is 11.0. The van der Waals surface area contributed by atoms with Gasteiger partial charge in [0.1, 0.15) is 0 Å². The molecule has 20 aromatic carbocycles. The molecule has 0 bridgehead atoms. The molecule has 0 fully saturated rings. The Morgan fingerprint density at radius 2 is 0.320 bits per heavy atom. The Morgan fingerprint density at radius 3 is 0.689 bits per heavy atom. The van der Waals surface area contributed by atoms with Crippen molar-refractivity contribution in [3.8, 4) is 78.6 Å². The minimum Gasteiger partial charge on any atom is -0.309 e. The summed E-state index contributed by atoms with van der Waals surface area (Å²) in [5.41, 5.74) is 31.0. The Morgan fingerprint density at radius 1 is 0.0984 bits per heavy atom. The first-order valence-corrected chi connectivity index (χ1v) is 42.0. The van der Waals surface area contributed by atoms with Crippen LogP contribution in [0.3, 0.4) is 0 Å². The van der Waals surface area contributed by atoms with E-state index in [1.54, 1.807) is 0 Å². The lowest BCUT2D eigenvalue weighted by molar-refractivity contribution is 1.17. The van der Waals surface area contributed by atoms with Crippen molar-refractivity contribution in [1.29, 1.82) is 0 Å². The van der Waals surface area contributed by atoms with E-state index >= 15 is 0 Å². The van der Waals surface area contributed by atoms with Crippen molar-refractivity contribution in [2.24, 2.45) is 0 Å². The molecule has 6 nitrogen and oxygen atoms in total. The molecule has 6 heterocycles. The molecule has 0 aliphatic rings. The topological polar surface area (TPSA) is 29.6 Å². The standard InChI is InChI=1S/2C58H37N3/c1-3-13-38(14-4-1)40-23-28-45(29-24-40)59-53-21-11-9-19-47(53)49-34-42(26-31-55(49)59)43-27-32-56-50(35-43)52-37-57-51(48-20-10-12-22-54(48)60(57)44-17-5-2-6-18-44)36-58(52)61(56)46-30-25-39-15-7-8-16-41(39)33-46;1-3-13-38(14-4-1)40-23-28-45(29-24-40)59-53-21-11-9-19-47(53)49-34-42(26-31-55(49)59)43-27-32-56-50(35-43)52-36-51-48-20-10-12-22-54(48)60(44-17-5-2-6-18-44)57(51)37-58(52)61(56)46-30-25-39-15-7-8-16-41(39)33-46/h2*1-37H. The summed E-state index contributed by atoms with van der Waals surface area (Å²) in [5.74, 6) is 0. The van der Waals surface area contributed by atoms with E-state index < -0.39 is 0 Å².